The van der Waals surface area contributed by atoms with E-state index in [1.54, 1.807) is 6.08 Å². The molecule has 1 fully saturated rings. The Morgan fingerprint density at radius 2 is 1.67 bits per heavy atom. The highest BCUT2D eigenvalue weighted by atomic mass is 16.5. The van der Waals surface area contributed by atoms with Gasteiger partial charge in [-0.05, 0) is 36.3 Å². The molecule has 0 radical (unpaired) electrons. The van der Waals surface area contributed by atoms with Crippen LogP contribution < -0.4 is 10.6 Å². The molecular formula is C24H32N2O4. The SMILES string of the molecule is COC1=C[C@H](C(=O)N[C@H]2CCCC[C@H]2NC(C)=O)[C@H](C)[C@@H](c2ccccc2)CC1=O. The molecule has 2 aliphatic carbocycles. The minimum atomic E-state index is -0.489. The third-order valence-corrected chi connectivity index (χ3v) is 6.44. The van der Waals surface area contributed by atoms with Crippen molar-refractivity contribution in [1.29, 1.82) is 0 Å². The van der Waals surface area contributed by atoms with E-state index in [0.29, 0.717) is 6.42 Å². The zero-order valence-electron chi connectivity index (χ0n) is 18.0. The van der Waals surface area contributed by atoms with Gasteiger partial charge in [0.15, 0.2) is 11.5 Å². The molecule has 6 heteroatoms. The van der Waals surface area contributed by atoms with Crippen LogP contribution in [0.5, 0.6) is 0 Å². The Bertz CT molecular complexity index is 805. The molecule has 0 heterocycles. The molecule has 2 N–H and O–H groups in total. The van der Waals surface area contributed by atoms with E-state index < -0.39 is 5.92 Å². The van der Waals surface area contributed by atoms with Crippen molar-refractivity contribution in [3.63, 3.8) is 0 Å². The predicted molar refractivity (Wildman–Crippen MR) is 115 cm³/mol. The highest BCUT2D eigenvalue weighted by Gasteiger charge is 2.38. The molecule has 5 atom stereocenters. The second-order valence-corrected chi connectivity index (χ2v) is 8.47. The Hall–Kier alpha value is -2.63. The van der Waals surface area contributed by atoms with Crippen molar-refractivity contribution in [3.8, 4) is 0 Å². The normalized spacial score (nSPS) is 29.4. The summed E-state index contributed by atoms with van der Waals surface area (Å²) < 4.78 is 5.33. The van der Waals surface area contributed by atoms with Crippen molar-refractivity contribution >= 4 is 17.6 Å². The summed E-state index contributed by atoms with van der Waals surface area (Å²) in [5.74, 6) is -0.667. The predicted octanol–water partition coefficient (Wildman–Crippen LogP) is 3.09. The van der Waals surface area contributed by atoms with Crippen molar-refractivity contribution in [2.45, 2.75) is 64.0 Å². The van der Waals surface area contributed by atoms with E-state index in [1.807, 2.05) is 37.3 Å². The van der Waals surface area contributed by atoms with E-state index in [2.05, 4.69) is 10.6 Å². The van der Waals surface area contributed by atoms with Crippen LogP contribution in [0.25, 0.3) is 0 Å². The van der Waals surface area contributed by atoms with E-state index >= 15 is 0 Å². The van der Waals surface area contributed by atoms with Crippen LogP contribution in [0.4, 0.5) is 0 Å². The van der Waals surface area contributed by atoms with Crippen LogP contribution in [0.2, 0.25) is 0 Å². The van der Waals surface area contributed by atoms with E-state index in [4.69, 9.17) is 4.74 Å². The quantitative estimate of drug-likeness (QED) is 0.778. The van der Waals surface area contributed by atoms with Gasteiger partial charge in [-0.3, -0.25) is 14.4 Å². The molecule has 2 aliphatic rings. The number of amides is 2. The molecular weight excluding hydrogens is 380 g/mol. The first-order valence-electron chi connectivity index (χ1n) is 10.8. The largest absolute Gasteiger partial charge is 0.493 e. The molecule has 0 aromatic heterocycles. The van der Waals surface area contributed by atoms with Crippen LogP contribution in [0.15, 0.2) is 42.2 Å². The summed E-state index contributed by atoms with van der Waals surface area (Å²) in [4.78, 5) is 37.7. The molecule has 162 valence electrons. The maximum atomic E-state index is 13.4. The maximum Gasteiger partial charge on any atom is 0.227 e. The van der Waals surface area contributed by atoms with E-state index in [1.165, 1.54) is 14.0 Å². The topological polar surface area (TPSA) is 84.5 Å². The van der Waals surface area contributed by atoms with E-state index in [9.17, 15) is 14.4 Å². The number of methoxy groups -OCH3 is 1. The van der Waals surface area contributed by atoms with Gasteiger partial charge in [-0.1, -0.05) is 50.1 Å². The minimum Gasteiger partial charge on any atom is -0.493 e. The molecule has 2 amide bonds. The molecule has 0 unspecified atom stereocenters. The number of nitrogens with one attached hydrogen (secondary N) is 2. The van der Waals surface area contributed by atoms with Crippen molar-refractivity contribution < 1.29 is 19.1 Å². The lowest BCUT2D eigenvalue weighted by molar-refractivity contribution is -0.127. The molecule has 0 saturated heterocycles. The standard InChI is InChI=1S/C24H32N2O4/c1-15-18(17-9-5-4-6-10-17)13-22(28)23(30-3)14-19(15)24(29)26-21-12-8-7-11-20(21)25-16(2)27/h4-6,9-10,14-15,18-21H,7-8,11-13H2,1-3H3,(H,25,27)(H,26,29)/t15-,18+,19+,20-,21+/m1/s1. The molecule has 30 heavy (non-hydrogen) atoms. The Kier molecular flexibility index (Phi) is 7.29. The Balaban J connectivity index is 1.84. The first-order valence-corrected chi connectivity index (χ1v) is 10.8. The minimum absolute atomic E-state index is 0.0567. The maximum absolute atomic E-state index is 13.4. The molecule has 0 aliphatic heterocycles. The smallest absolute Gasteiger partial charge is 0.227 e. The van der Waals surface area contributed by atoms with Crippen LogP contribution in [0.1, 0.15) is 57.4 Å². The molecule has 1 aromatic carbocycles. The van der Waals surface area contributed by atoms with Gasteiger partial charge >= 0.3 is 0 Å². The first-order chi connectivity index (χ1) is 14.4. The fourth-order valence-corrected chi connectivity index (χ4v) is 4.78. The number of ketones is 1. The summed E-state index contributed by atoms with van der Waals surface area (Å²) in [6, 6.07) is 9.72. The van der Waals surface area contributed by atoms with Crippen molar-refractivity contribution in [2.75, 3.05) is 7.11 Å². The van der Waals surface area contributed by atoms with Crippen LogP contribution in [0.3, 0.4) is 0 Å². The number of carbonyl (C=O) groups excluding carboxylic acids is 3. The average molecular weight is 413 g/mol. The third-order valence-electron chi connectivity index (χ3n) is 6.44. The van der Waals surface area contributed by atoms with Gasteiger partial charge in [0.05, 0.1) is 13.0 Å². The zero-order chi connectivity index (χ0) is 21.7. The van der Waals surface area contributed by atoms with Gasteiger partial charge in [0.25, 0.3) is 0 Å². The molecule has 6 nitrogen and oxygen atoms in total. The van der Waals surface area contributed by atoms with Gasteiger partial charge < -0.3 is 15.4 Å². The summed E-state index contributed by atoms with van der Waals surface area (Å²) in [5, 5.41) is 6.15. The molecule has 1 saturated carbocycles. The second kappa shape index (κ2) is 9.92. The van der Waals surface area contributed by atoms with Crippen LogP contribution in [0, 0.1) is 11.8 Å². The van der Waals surface area contributed by atoms with Gasteiger partial charge in [-0.2, -0.15) is 0 Å². The molecule has 3 rings (SSSR count). The number of ether oxygens (including phenoxy) is 1. The Labute approximate surface area is 178 Å². The second-order valence-electron chi connectivity index (χ2n) is 8.47. The van der Waals surface area contributed by atoms with Gasteiger partial charge in [0, 0.05) is 25.4 Å². The van der Waals surface area contributed by atoms with Gasteiger partial charge in [0.1, 0.15) is 0 Å². The average Bonchev–Trinajstić information content (AvgIpc) is 2.86. The summed E-state index contributed by atoms with van der Waals surface area (Å²) in [6.07, 6.45) is 5.74. The number of Topliss-reactive ketones (excluding diaryl/α,β-unsaturated/α-hetero) is 1. The number of allylic oxidation sites excluding steroid dienone is 1. The highest BCUT2D eigenvalue weighted by molar-refractivity contribution is 5.96. The fourth-order valence-electron chi connectivity index (χ4n) is 4.78. The third kappa shape index (κ3) is 5.10. The number of hydrogen-bond acceptors (Lipinski definition) is 4. The van der Waals surface area contributed by atoms with Gasteiger partial charge in [-0.15, -0.1) is 0 Å². The highest BCUT2D eigenvalue weighted by Crippen LogP contribution is 2.38. The lowest BCUT2D eigenvalue weighted by Gasteiger charge is -2.34. The lowest BCUT2D eigenvalue weighted by atomic mass is 9.77. The first kappa shape index (κ1) is 22.1. The Morgan fingerprint density at radius 1 is 1.03 bits per heavy atom. The van der Waals surface area contributed by atoms with E-state index in [0.717, 1.165) is 31.2 Å². The number of hydrogen-bond donors (Lipinski definition) is 2. The Morgan fingerprint density at radius 3 is 2.27 bits per heavy atom. The van der Waals surface area contributed by atoms with Crippen molar-refractivity contribution in [3.05, 3.63) is 47.7 Å². The number of carbonyl (C=O) groups is 3. The lowest BCUT2D eigenvalue weighted by Crippen LogP contribution is -2.54. The van der Waals surface area contributed by atoms with Gasteiger partial charge in [0.2, 0.25) is 11.8 Å². The zero-order valence-corrected chi connectivity index (χ0v) is 18.0. The fraction of sp³-hybridized carbons (Fsp3) is 0.542. The number of rotatable bonds is 5. The van der Waals surface area contributed by atoms with Gasteiger partial charge in [-0.25, -0.2) is 0 Å². The van der Waals surface area contributed by atoms with Crippen LogP contribution >= 0.6 is 0 Å². The van der Waals surface area contributed by atoms with E-state index in [-0.39, 0.29) is 47.3 Å². The summed E-state index contributed by atoms with van der Waals surface area (Å²) in [5.41, 5.74) is 1.05. The molecule has 0 spiro atoms. The number of benzene rings is 1. The summed E-state index contributed by atoms with van der Waals surface area (Å²) in [6.45, 7) is 3.53. The molecule has 0 bridgehead atoms. The van der Waals surface area contributed by atoms with Crippen LogP contribution in [-0.4, -0.2) is 36.8 Å². The van der Waals surface area contributed by atoms with Crippen LogP contribution in [-0.2, 0) is 19.1 Å². The monoisotopic (exact) mass is 412 g/mol. The summed E-state index contributed by atoms with van der Waals surface area (Å²) >= 11 is 0. The van der Waals surface area contributed by atoms with Crippen molar-refractivity contribution in [2.24, 2.45) is 11.8 Å². The molecule has 1 aromatic rings. The summed E-state index contributed by atoms with van der Waals surface area (Å²) in [7, 11) is 1.47. The van der Waals surface area contributed by atoms with Crippen molar-refractivity contribution in [1.82, 2.24) is 10.6 Å².